The molecule has 0 aliphatic carbocycles. The zero-order valence-electron chi connectivity index (χ0n) is 11.1. The third-order valence-electron chi connectivity index (χ3n) is 2.97. The fourth-order valence-electron chi connectivity index (χ4n) is 1.93. The number of hydrogen-bond acceptors (Lipinski definition) is 4. The molecule has 0 fully saturated rings. The molecule has 0 unspecified atom stereocenters. The standard InChI is InChI=1S/C15H14N2O3/c1-10-2-3-11(9-16-10)15(18)17-12-4-5-13-14(8-12)20-7-6-19-13/h2-5,8-9H,6-7H2,1H3,(H,17,18). The molecule has 1 aromatic carbocycles. The Kier molecular flexibility index (Phi) is 3.25. The summed E-state index contributed by atoms with van der Waals surface area (Å²) in [5.74, 6) is 1.15. The van der Waals surface area contributed by atoms with Crippen molar-refractivity contribution in [2.45, 2.75) is 6.92 Å². The molecule has 0 radical (unpaired) electrons. The molecule has 5 nitrogen and oxygen atoms in total. The predicted molar refractivity (Wildman–Crippen MR) is 74.4 cm³/mol. The van der Waals surface area contributed by atoms with Crippen LogP contribution in [0.2, 0.25) is 0 Å². The van der Waals surface area contributed by atoms with Crippen molar-refractivity contribution in [3.8, 4) is 11.5 Å². The minimum absolute atomic E-state index is 0.200. The number of rotatable bonds is 2. The number of carbonyl (C=O) groups is 1. The molecule has 1 aliphatic heterocycles. The van der Waals surface area contributed by atoms with Gasteiger partial charge < -0.3 is 14.8 Å². The van der Waals surface area contributed by atoms with Crippen LogP contribution in [0, 0.1) is 6.92 Å². The molecule has 1 amide bonds. The Morgan fingerprint density at radius 1 is 1.15 bits per heavy atom. The maximum absolute atomic E-state index is 12.1. The van der Waals surface area contributed by atoms with Crippen molar-refractivity contribution in [2.24, 2.45) is 0 Å². The molecule has 0 spiro atoms. The summed E-state index contributed by atoms with van der Waals surface area (Å²) in [6.45, 7) is 2.95. The van der Waals surface area contributed by atoms with E-state index in [4.69, 9.17) is 9.47 Å². The number of nitrogens with one attached hydrogen (secondary N) is 1. The van der Waals surface area contributed by atoms with Crippen LogP contribution in [0.4, 0.5) is 5.69 Å². The number of amides is 1. The van der Waals surface area contributed by atoms with Gasteiger partial charge in [0.2, 0.25) is 0 Å². The maximum Gasteiger partial charge on any atom is 0.257 e. The van der Waals surface area contributed by atoms with Crippen molar-refractivity contribution < 1.29 is 14.3 Å². The van der Waals surface area contributed by atoms with Crippen molar-refractivity contribution in [3.05, 3.63) is 47.8 Å². The second kappa shape index (κ2) is 5.21. The van der Waals surface area contributed by atoms with Crippen LogP contribution in [0.1, 0.15) is 16.1 Å². The average molecular weight is 270 g/mol. The van der Waals surface area contributed by atoms with Gasteiger partial charge in [0.1, 0.15) is 13.2 Å². The monoisotopic (exact) mass is 270 g/mol. The minimum Gasteiger partial charge on any atom is -0.486 e. The Bertz CT molecular complexity index is 638. The Labute approximate surface area is 116 Å². The summed E-state index contributed by atoms with van der Waals surface area (Å²) in [6.07, 6.45) is 1.56. The van der Waals surface area contributed by atoms with E-state index in [0.29, 0.717) is 36.0 Å². The highest BCUT2D eigenvalue weighted by Crippen LogP contribution is 2.32. The molecule has 0 saturated carbocycles. The van der Waals surface area contributed by atoms with Gasteiger partial charge in [-0.1, -0.05) is 0 Å². The van der Waals surface area contributed by atoms with E-state index in [2.05, 4.69) is 10.3 Å². The molecular formula is C15H14N2O3. The highest BCUT2D eigenvalue weighted by atomic mass is 16.6. The summed E-state index contributed by atoms with van der Waals surface area (Å²) < 4.78 is 10.9. The van der Waals surface area contributed by atoms with Crippen LogP contribution < -0.4 is 14.8 Å². The zero-order valence-corrected chi connectivity index (χ0v) is 11.1. The number of fused-ring (bicyclic) bond motifs is 1. The van der Waals surface area contributed by atoms with Crippen molar-refractivity contribution in [1.29, 1.82) is 0 Å². The van der Waals surface area contributed by atoms with Crippen LogP contribution in [-0.2, 0) is 0 Å². The van der Waals surface area contributed by atoms with Crippen LogP contribution in [0.5, 0.6) is 11.5 Å². The number of anilines is 1. The van der Waals surface area contributed by atoms with E-state index in [1.165, 1.54) is 0 Å². The summed E-state index contributed by atoms with van der Waals surface area (Å²) >= 11 is 0. The van der Waals surface area contributed by atoms with Gasteiger partial charge in [-0.15, -0.1) is 0 Å². The molecule has 2 heterocycles. The SMILES string of the molecule is Cc1ccc(C(=O)Nc2ccc3c(c2)OCCO3)cn1. The third-order valence-corrected chi connectivity index (χ3v) is 2.97. The molecule has 0 atom stereocenters. The lowest BCUT2D eigenvalue weighted by atomic mass is 10.2. The van der Waals surface area contributed by atoms with Gasteiger partial charge in [-0.3, -0.25) is 9.78 Å². The van der Waals surface area contributed by atoms with Gasteiger partial charge in [-0.05, 0) is 31.2 Å². The van der Waals surface area contributed by atoms with Crippen molar-refractivity contribution in [3.63, 3.8) is 0 Å². The van der Waals surface area contributed by atoms with Crippen LogP contribution in [0.3, 0.4) is 0 Å². The first-order valence-corrected chi connectivity index (χ1v) is 6.36. The summed E-state index contributed by atoms with van der Waals surface area (Å²) in [5.41, 5.74) is 2.06. The van der Waals surface area contributed by atoms with Gasteiger partial charge >= 0.3 is 0 Å². The first kappa shape index (κ1) is 12.5. The zero-order chi connectivity index (χ0) is 13.9. The highest BCUT2D eigenvalue weighted by Gasteiger charge is 2.13. The molecule has 0 saturated heterocycles. The number of hydrogen-bond donors (Lipinski definition) is 1. The van der Waals surface area contributed by atoms with E-state index in [1.54, 1.807) is 36.5 Å². The Morgan fingerprint density at radius 3 is 2.70 bits per heavy atom. The number of nitrogens with zero attached hydrogens (tertiary/aromatic N) is 1. The third kappa shape index (κ3) is 2.56. The van der Waals surface area contributed by atoms with Crippen LogP contribution in [0.25, 0.3) is 0 Å². The summed E-state index contributed by atoms with van der Waals surface area (Å²) in [6, 6.07) is 8.88. The lowest BCUT2D eigenvalue weighted by Gasteiger charge is -2.19. The second-order valence-electron chi connectivity index (χ2n) is 4.50. The van der Waals surface area contributed by atoms with Crippen LogP contribution in [-0.4, -0.2) is 24.1 Å². The normalized spacial score (nSPS) is 12.8. The average Bonchev–Trinajstić information content (AvgIpc) is 2.48. The van der Waals surface area contributed by atoms with E-state index in [9.17, 15) is 4.79 Å². The van der Waals surface area contributed by atoms with Gasteiger partial charge in [-0.2, -0.15) is 0 Å². The molecule has 1 N–H and O–H groups in total. The molecule has 3 rings (SSSR count). The summed E-state index contributed by atoms with van der Waals surface area (Å²) in [7, 11) is 0. The molecule has 1 aromatic heterocycles. The number of aromatic nitrogens is 1. The lowest BCUT2D eigenvalue weighted by Crippen LogP contribution is -2.16. The van der Waals surface area contributed by atoms with Crippen molar-refractivity contribution >= 4 is 11.6 Å². The minimum atomic E-state index is -0.200. The van der Waals surface area contributed by atoms with E-state index in [1.807, 2.05) is 6.92 Å². The first-order chi connectivity index (χ1) is 9.72. The van der Waals surface area contributed by atoms with Crippen LogP contribution >= 0.6 is 0 Å². The number of aryl methyl sites for hydroxylation is 1. The molecule has 5 heteroatoms. The van der Waals surface area contributed by atoms with Gasteiger partial charge in [0.05, 0.1) is 5.56 Å². The van der Waals surface area contributed by atoms with Gasteiger partial charge in [0.25, 0.3) is 5.91 Å². The highest BCUT2D eigenvalue weighted by molar-refractivity contribution is 6.04. The van der Waals surface area contributed by atoms with E-state index < -0.39 is 0 Å². The predicted octanol–water partition coefficient (Wildman–Crippen LogP) is 2.41. The molecule has 0 bridgehead atoms. The number of carbonyl (C=O) groups excluding carboxylic acids is 1. The topological polar surface area (TPSA) is 60.5 Å². The molecule has 20 heavy (non-hydrogen) atoms. The van der Waals surface area contributed by atoms with Gasteiger partial charge in [0, 0.05) is 23.6 Å². The molecule has 102 valence electrons. The van der Waals surface area contributed by atoms with E-state index >= 15 is 0 Å². The number of benzene rings is 1. The van der Waals surface area contributed by atoms with Crippen LogP contribution in [0.15, 0.2) is 36.5 Å². The fraction of sp³-hybridized carbons (Fsp3) is 0.200. The quantitative estimate of drug-likeness (QED) is 0.910. The number of ether oxygens (including phenoxy) is 2. The summed E-state index contributed by atoms with van der Waals surface area (Å²) in [5, 5.41) is 2.81. The Morgan fingerprint density at radius 2 is 1.95 bits per heavy atom. The van der Waals surface area contributed by atoms with E-state index in [-0.39, 0.29) is 5.91 Å². The largest absolute Gasteiger partial charge is 0.486 e. The van der Waals surface area contributed by atoms with Gasteiger partial charge in [-0.25, -0.2) is 0 Å². The maximum atomic E-state index is 12.1. The van der Waals surface area contributed by atoms with E-state index in [0.717, 1.165) is 5.69 Å². The van der Waals surface area contributed by atoms with Crippen molar-refractivity contribution in [1.82, 2.24) is 4.98 Å². The lowest BCUT2D eigenvalue weighted by molar-refractivity contribution is 0.102. The molecule has 1 aliphatic rings. The smallest absolute Gasteiger partial charge is 0.257 e. The second-order valence-corrected chi connectivity index (χ2v) is 4.50. The summed E-state index contributed by atoms with van der Waals surface area (Å²) in [4.78, 5) is 16.2. The Balaban J connectivity index is 1.77. The van der Waals surface area contributed by atoms with Gasteiger partial charge in [0.15, 0.2) is 11.5 Å². The number of pyridine rings is 1. The molecular weight excluding hydrogens is 256 g/mol. The fourth-order valence-corrected chi connectivity index (χ4v) is 1.93. The van der Waals surface area contributed by atoms with Crippen molar-refractivity contribution in [2.75, 3.05) is 18.5 Å². The molecule has 2 aromatic rings. The first-order valence-electron chi connectivity index (χ1n) is 6.36. The Hall–Kier alpha value is -2.56.